The summed E-state index contributed by atoms with van der Waals surface area (Å²) in [5.74, 6) is 0.721. The van der Waals surface area contributed by atoms with Gasteiger partial charge in [0.25, 0.3) is 0 Å². The van der Waals surface area contributed by atoms with Gasteiger partial charge in [-0.25, -0.2) is 4.98 Å². The standard InChI is InChI=1S/C82H54N4O2/c1-4-15-55(16-5-1)58-29-31-62(32-30-58)65-22-13-25-70(52-65)85(68-41-37-59(38-42-68)56-17-6-2-7-18-56)76-46-45-72(79-75-47-49-83-54-78(75)88-81(76)79)67-24-12-21-64(51-67)61-33-35-63(36-34-61)66-23-14-26-71(53-66)86(69-43-39-60(40-44-69)57-19-8-3-9-20-57)82-80-74(48-50-84-82)73-27-10-11-28-77(73)87-80/h1-54H. The van der Waals surface area contributed by atoms with Crippen LogP contribution in [0.4, 0.5) is 34.3 Å². The molecule has 0 aliphatic rings. The highest BCUT2D eigenvalue weighted by Crippen LogP contribution is 2.48. The van der Waals surface area contributed by atoms with Gasteiger partial charge in [0, 0.05) is 56.7 Å². The molecule has 0 N–H and O–H groups in total. The van der Waals surface area contributed by atoms with Crippen LogP contribution in [0.25, 0.3) is 122 Å². The topological polar surface area (TPSA) is 58.5 Å². The molecule has 12 aromatic carbocycles. The van der Waals surface area contributed by atoms with Crippen molar-refractivity contribution in [3.8, 4) is 77.9 Å². The Balaban J connectivity index is 0.755. The van der Waals surface area contributed by atoms with E-state index in [0.29, 0.717) is 0 Å². The van der Waals surface area contributed by atoms with Crippen LogP contribution in [0.5, 0.6) is 0 Å². The smallest absolute Gasteiger partial charge is 0.181 e. The first kappa shape index (κ1) is 51.8. The molecule has 0 unspecified atom stereocenters. The molecule has 4 aromatic heterocycles. The van der Waals surface area contributed by atoms with E-state index in [4.69, 9.17) is 13.8 Å². The second-order valence-electron chi connectivity index (χ2n) is 22.1. The Hall–Kier alpha value is -11.9. The fourth-order valence-corrected chi connectivity index (χ4v) is 12.5. The Morgan fingerprint density at radius 1 is 0.261 bits per heavy atom. The predicted octanol–water partition coefficient (Wildman–Crippen LogP) is 22.9. The van der Waals surface area contributed by atoms with Crippen LogP contribution in [0.2, 0.25) is 0 Å². The molecule has 414 valence electrons. The van der Waals surface area contributed by atoms with Crippen LogP contribution in [0.1, 0.15) is 0 Å². The molecule has 0 amide bonds. The minimum absolute atomic E-state index is 0.721. The number of aromatic nitrogens is 2. The molecule has 0 atom stereocenters. The van der Waals surface area contributed by atoms with Gasteiger partial charge in [0.15, 0.2) is 22.6 Å². The number of hydrogen-bond acceptors (Lipinski definition) is 6. The van der Waals surface area contributed by atoms with E-state index in [9.17, 15) is 0 Å². The van der Waals surface area contributed by atoms with Gasteiger partial charge in [0.1, 0.15) is 5.58 Å². The van der Waals surface area contributed by atoms with Crippen molar-refractivity contribution < 1.29 is 8.83 Å². The highest BCUT2D eigenvalue weighted by Gasteiger charge is 2.25. The molecule has 0 spiro atoms. The molecule has 0 radical (unpaired) electrons. The van der Waals surface area contributed by atoms with Gasteiger partial charge in [-0.05, 0) is 157 Å². The summed E-state index contributed by atoms with van der Waals surface area (Å²) in [7, 11) is 0. The van der Waals surface area contributed by atoms with Crippen molar-refractivity contribution in [1.29, 1.82) is 0 Å². The zero-order valence-corrected chi connectivity index (χ0v) is 47.8. The second kappa shape index (κ2) is 22.3. The van der Waals surface area contributed by atoms with Crippen LogP contribution in [-0.2, 0) is 0 Å². The van der Waals surface area contributed by atoms with Crippen molar-refractivity contribution in [2.24, 2.45) is 0 Å². The number of rotatable bonds is 13. The molecular weight excluding hydrogens is 1070 g/mol. The van der Waals surface area contributed by atoms with E-state index in [1.54, 1.807) is 0 Å². The highest BCUT2D eigenvalue weighted by atomic mass is 16.3. The Morgan fingerprint density at radius 3 is 1.27 bits per heavy atom. The van der Waals surface area contributed by atoms with E-state index in [0.717, 1.165) is 145 Å². The number of fused-ring (bicyclic) bond motifs is 6. The quantitative estimate of drug-likeness (QED) is 0.115. The van der Waals surface area contributed by atoms with Gasteiger partial charge in [-0.2, -0.15) is 0 Å². The zero-order valence-electron chi connectivity index (χ0n) is 47.8. The van der Waals surface area contributed by atoms with E-state index in [1.165, 1.54) is 11.1 Å². The van der Waals surface area contributed by atoms with E-state index in [1.807, 2.05) is 42.9 Å². The number of benzene rings is 12. The van der Waals surface area contributed by atoms with Crippen LogP contribution in [0, 0.1) is 0 Å². The molecule has 0 bridgehead atoms. The Bertz CT molecular complexity index is 5180. The maximum atomic E-state index is 7.01. The van der Waals surface area contributed by atoms with Gasteiger partial charge in [-0.3, -0.25) is 9.88 Å². The maximum absolute atomic E-state index is 7.01. The molecule has 6 nitrogen and oxygen atoms in total. The summed E-state index contributed by atoms with van der Waals surface area (Å²) in [6.07, 6.45) is 5.56. The Kier molecular flexibility index (Phi) is 13.1. The van der Waals surface area contributed by atoms with Crippen molar-refractivity contribution in [2.75, 3.05) is 9.80 Å². The summed E-state index contributed by atoms with van der Waals surface area (Å²) in [6.45, 7) is 0. The first-order chi connectivity index (χ1) is 43.6. The minimum Gasteiger partial charge on any atom is -0.452 e. The van der Waals surface area contributed by atoms with Crippen LogP contribution in [0.3, 0.4) is 0 Å². The Labute approximate surface area is 509 Å². The molecule has 0 aliphatic carbocycles. The first-order valence-corrected chi connectivity index (χ1v) is 29.7. The van der Waals surface area contributed by atoms with Gasteiger partial charge in [0.2, 0.25) is 0 Å². The lowest BCUT2D eigenvalue weighted by atomic mass is 9.94. The average Bonchev–Trinajstić information content (AvgIpc) is 1.95. The molecule has 0 saturated heterocycles. The third-order valence-electron chi connectivity index (χ3n) is 16.9. The highest BCUT2D eigenvalue weighted by molar-refractivity contribution is 6.17. The van der Waals surface area contributed by atoms with Gasteiger partial charge in [-0.15, -0.1) is 0 Å². The van der Waals surface area contributed by atoms with E-state index >= 15 is 0 Å². The van der Waals surface area contributed by atoms with Gasteiger partial charge < -0.3 is 13.7 Å². The van der Waals surface area contributed by atoms with Crippen molar-refractivity contribution in [1.82, 2.24) is 9.97 Å². The number of hydrogen-bond donors (Lipinski definition) is 0. The van der Waals surface area contributed by atoms with Gasteiger partial charge >= 0.3 is 0 Å². The minimum atomic E-state index is 0.721. The number of anilines is 6. The second-order valence-corrected chi connectivity index (χ2v) is 22.1. The van der Waals surface area contributed by atoms with Gasteiger partial charge in [-0.1, -0.05) is 231 Å². The summed E-state index contributed by atoms with van der Waals surface area (Å²) in [5, 5.41) is 4.10. The third kappa shape index (κ3) is 9.61. The lowest BCUT2D eigenvalue weighted by Crippen LogP contribution is -2.12. The largest absolute Gasteiger partial charge is 0.452 e. The fraction of sp³-hybridized carbons (Fsp3) is 0. The summed E-state index contributed by atoms with van der Waals surface area (Å²) in [6, 6.07) is 110. The van der Waals surface area contributed by atoms with Crippen molar-refractivity contribution in [2.45, 2.75) is 0 Å². The van der Waals surface area contributed by atoms with Crippen molar-refractivity contribution in [3.05, 3.63) is 328 Å². The lowest BCUT2D eigenvalue weighted by molar-refractivity contribution is 0.667. The van der Waals surface area contributed by atoms with E-state index in [-0.39, 0.29) is 0 Å². The number of pyridine rings is 2. The molecule has 4 heterocycles. The molecule has 16 rings (SSSR count). The molecule has 0 fully saturated rings. The van der Waals surface area contributed by atoms with Crippen LogP contribution in [0.15, 0.2) is 337 Å². The summed E-state index contributed by atoms with van der Waals surface area (Å²) in [4.78, 5) is 14.1. The summed E-state index contributed by atoms with van der Waals surface area (Å²) < 4.78 is 13.6. The van der Waals surface area contributed by atoms with Crippen molar-refractivity contribution >= 4 is 78.1 Å². The summed E-state index contributed by atoms with van der Waals surface area (Å²) >= 11 is 0. The number of furan rings is 2. The zero-order chi connectivity index (χ0) is 58.3. The van der Waals surface area contributed by atoms with Crippen LogP contribution < -0.4 is 9.80 Å². The SMILES string of the molecule is c1ccc(-c2ccc(-c3cccc(N(c4ccc(-c5ccccc5)cc4)c4ccc(-c5cccc(-c6ccc(-c7cccc(N(c8ccc(-c9ccccc9)cc8)c8nccc9c8oc8ccccc89)c7)cc6)c5)c5c4oc4cnccc45)c3)cc2)cc1. The third-order valence-corrected chi connectivity index (χ3v) is 16.9. The molecule has 0 saturated carbocycles. The monoisotopic (exact) mass is 1130 g/mol. The average molecular weight is 1130 g/mol. The normalized spacial score (nSPS) is 11.4. The molecule has 6 heteroatoms. The van der Waals surface area contributed by atoms with Gasteiger partial charge in [0.05, 0.1) is 11.9 Å². The fourth-order valence-electron chi connectivity index (χ4n) is 12.5. The number of nitrogens with zero attached hydrogens (tertiary/aromatic N) is 4. The maximum Gasteiger partial charge on any atom is 0.181 e. The van der Waals surface area contributed by atoms with Crippen molar-refractivity contribution in [3.63, 3.8) is 0 Å². The molecular formula is C82H54N4O2. The molecule has 88 heavy (non-hydrogen) atoms. The van der Waals surface area contributed by atoms with Crippen LogP contribution in [-0.4, -0.2) is 9.97 Å². The van der Waals surface area contributed by atoms with Crippen LogP contribution >= 0.6 is 0 Å². The predicted molar refractivity (Wildman–Crippen MR) is 364 cm³/mol. The lowest BCUT2D eigenvalue weighted by Gasteiger charge is -2.27. The molecule has 0 aliphatic heterocycles. The van der Waals surface area contributed by atoms with E-state index in [2.05, 4.69) is 300 Å². The Morgan fingerprint density at radius 2 is 0.693 bits per heavy atom. The molecule has 16 aromatic rings. The number of para-hydroxylation sites is 1. The summed E-state index contributed by atoms with van der Waals surface area (Å²) in [5.41, 5.74) is 23.7. The van der Waals surface area contributed by atoms with E-state index < -0.39 is 0 Å². The first-order valence-electron chi connectivity index (χ1n) is 29.7.